The Morgan fingerprint density at radius 2 is 2.06 bits per heavy atom. The lowest BCUT2D eigenvalue weighted by molar-refractivity contribution is 0.0839. The first-order valence-electron chi connectivity index (χ1n) is 6.35. The molecule has 0 aliphatic carbocycles. The molecule has 2 atom stereocenters. The minimum absolute atomic E-state index is 0.130. The lowest BCUT2D eigenvalue weighted by Crippen LogP contribution is -2.29. The molecule has 94 valence electrons. The van der Waals surface area contributed by atoms with E-state index in [1.165, 1.54) is 11.3 Å². The zero-order chi connectivity index (χ0) is 12.5. The first-order valence-corrected chi connectivity index (χ1v) is 6.35. The quantitative estimate of drug-likeness (QED) is 0.841. The smallest absolute Gasteiger partial charge is 0.0810 e. The van der Waals surface area contributed by atoms with Crippen LogP contribution in [0.15, 0.2) is 24.3 Å². The normalized spacial score (nSPS) is 26.2. The second-order valence-corrected chi connectivity index (χ2v) is 5.27. The average molecular weight is 234 g/mol. The van der Waals surface area contributed by atoms with Crippen molar-refractivity contribution >= 4 is 5.69 Å². The number of hydrogen-bond acceptors (Lipinski definition) is 3. The Morgan fingerprint density at radius 3 is 2.53 bits per heavy atom. The van der Waals surface area contributed by atoms with Crippen molar-refractivity contribution in [2.45, 2.75) is 38.3 Å². The second kappa shape index (κ2) is 4.67. The topological polar surface area (TPSA) is 49.5 Å². The molecule has 1 aromatic carbocycles. The molecule has 1 fully saturated rings. The Balaban J connectivity index is 2.09. The van der Waals surface area contributed by atoms with E-state index in [1.807, 2.05) is 6.92 Å². The number of anilines is 1. The predicted molar refractivity (Wildman–Crippen MR) is 71.1 cm³/mol. The highest BCUT2D eigenvalue weighted by atomic mass is 16.3. The molecule has 1 aliphatic heterocycles. The van der Waals surface area contributed by atoms with Crippen LogP contribution < -0.4 is 10.6 Å². The zero-order valence-corrected chi connectivity index (χ0v) is 10.7. The molecule has 0 spiro atoms. The first-order chi connectivity index (χ1) is 8.02. The minimum atomic E-state index is -0.543. The van der Waals surface area contributed by atoms with Crippen LogP contribution in [0.1, 0.15) is 38.3 Å². The van der Waals surface area contributed by atoms with Crippen LogP contribution in [0.2, 0.25) is 0 Å². The van der Waals surface area contributed by atoms with E-state index in [1.54, 1.807) is 0 Å². The fraction of sp³-hybridized carbons (Fsp3) is 0.571. The average Bonchev–Trinajstić information content (AvgIpc) is 2.69. The largest absolute Gasteiger partial charge is 0.388 e. The second-order valence-electron chi connectivity index (χ2n) is 5.27. The predicted octanol–water partition coefficient (Wildman–Crippen LogP) is 2.06. The zero-order valence-electron chi connectivity index (χ0n) is 10.7. The van der Waals surface area contributed by atoms with Crippen LogP contribution in [0.3, 0.4) is 0 Å². The van der Waals surface area contributed by atoms with Crippen molar-refractivity contribution in [3.05, 3.63) is 29.8 Å². The summed E-state index contributed by atoms with van der Waals surface area (Å²) < 4.78 is 0. The molecule has 2 unspecified atom stereocenters. The van der Waals surface area contributed by atoms with E-state index in [9.17, 15) is 5.11 Å². The van der Waals surface area contributed by atoms with Gasteiger partial charge in [-0.05, 0) is 37.5 Å². The summed E-state index contributed by atoms with van der Waals surface area (Å²) in [4.78, 5) is 2.22. The fourth-order valence-electron chi connectivity index (χ4n) is 2.33. The maximum Gasteiger partial charge on any atom is 0.0810 e. The SMILES string of the molecule is CCC(N)c1ccc(N2CCC(C)(O)C2)cc1. The Kier molecular flexibility index (Phi) is 3.40. The third-order valence-corrected chi connectivity index (χ3v) is 3.58. The van der Waals surface area contributed by atoms with Crippen molar-refractivity contribution < 1.29 is 5.11 Å². The molecule has 3 nitrogen and oxygen atoms in total. The van der Waals surface area contributed by atoms with Crippen molar-refractivity contribution in [2.75, 3.05) is 18.0 Å². The van der Waals surface area contributed by atoms with E-state index in [2.05, 4.69) is 36.1 Å². The van der Waals surface area contributed by atoms with Crippen molar-refractivity contribution in [3.63, 3.8) is 0 Å². The van der Waals surface area contributed by atoms with Gasteiger partial charge in [0, 0.05) is 24.8 Å². The highest BCUT2D eigenvalue weighted by Crippen LogP contribution is 2.27. The Hall–Kier alpha value is -1.06. The molecule has 3 N–H and O–H groups in total. The summed E-state index contributed by atoms with van der Waals surface area (Å²) in [5, 5.41) is 9.95. The molecule has 17 heavy (non-hydrogen) atoms. The number of β-amino-alcohol motifs (C(OH)–C–C–N with tert-alkyl or cyclic N) is 1. The molecule has 0 amide bonds. The number of nitrogens with two attached hydrogens (primary N) is 1. The van der Waals surface area contributed by atoms with Gasteiger partial charge in [0.25, 0.3) is 0 Å². The Bertz CT molecular complexity index is 372. The van der Waals surface area contributed by atoms with E-state index in [-0.39, 0.29) is 6.04 Å². The van der Waals surface area contributed by atoms with Gasteiger partial charge >= 0.3 is 0 Å². The highest BCUT2D eigenvalue weighted by molar-refractivity contribution is 5.49. The minimum Gasteiger partial charge on any atom is -0.388 e. The lowest BCUT2D eigenvalue weighted by Gasteiger charge is -2.21. The molecule has 0 bridgehead atoms. The molecule has 0 saturated carbocycles. The van der Waals surface area contributed by atoms with Gasteiger partial charge in [0.15, 0.2) is 0 Å². The van der Waals surface area contributed by atoms with Crippen LogP contribution in [0.4, 0.5) is 5.69 Å². The molecule has 1 aliphatic rings. The van der Waals surface area contributed by atoms with E-state index in [0.29, 0.717) is 6.54 Å². The van der Waals surface area contributed by atoms with E-state index >= 15 is 0 Å². The molecule has 3 heteroatoms. The van der Waals surface area contributed by atoms with E-state index in [4.69, 9.17) is 5.73 Å². The third kappa shape index (κ3) is 2.79. The maximum atomic E-state index is 9.95. The van der Waals surface area contributed by atoms with Gasteiger partial charge in [-0.15, -0.1) is 0 Å². The summed E-state index contributed by atoms with van der Waals surface area (Å²) in [5.41, 5.74) is 7.80. The molecule has 0 aromatic heterocycles. The summed E-state index contributed by atoms with van der Waals surface area (Å²) in [7, 11) is 0. The van der Waals surface area contributed by atoms with E-state index in [0.717, 1.165) is 19.4 Å². The van der Waals surface area contributed by atoms with Crippen molar-refractivity contribution in [1.82, 2.24) is 0 Å². The van der Waals surface area contributed by atoms with Crippen molar-refractivity contribution in [1.29, 1.82) is 0 Å². The van der Waals surface area contributed by atoms with Crippen LogP contribution in [0.25, 0.3) is 0 Å². The molecule has 1 heterocycles. The van der Waals surface area contributed by atoms with Crippen LogP contribution in [0, 0.1) is 0 Å². The van der Waals surface area contributed by atoms with Gasteiger partial charge in [-0.3, -0.25) is 0 Å². The summed E-state index contributed by atoms with van der Waals surface area (Å²) >= 11 is 0. The van der Waals surface area contributed by atoms with Gasteiger partial charge in [-0.25, -0.2) is 0 Å². The number of aliphatic hydroxyl groups is 1. The van der Waals surface area contributed by atoms with Gasteiger partial charge in [-0.1, -0.05) is 19.1 Å². The van der Waals surface area contributed by atoms with Gasteiger partial charge in [0.05, 0.1) is 5.60 Å². The Labute approximate surface area is 103 Å². The number of nitrogens with zero attached hydrogens (tertiary/aromatic N) is 1. The van der Waals surface area contributed by atoms with Gasteiger partial charge < -0.3 is 15.7 Å². The van der Waals surface area contributed by atoms with Crippen LogP contribution in [-0.2, 0) is 0 Å². The number of benzene rings is 1. The summed E-state index contributed by atoms with van der Waals surface area (Å²) in [5.74, 6) is 0. The monoisotopic (exact) mass is 234 g/mol. The molecule has 0 radical (unpaired) electrons. The van der Waals surface area contributed by atoms with Crippen LogP contribution in [-0.4, -0.2) is 23.8 Å². The summed E-state index contributed by atoms with van der Waals surface area (Å²) in [6, 6.07) is 8.52. The highest BCUT2D eigenvalue weighted by Gasteiger charge is 2.31. The molecule has 1 saturated heterocycles. The lowest BCUT2D eigenvalue weighted by atomic mass is 10.1. The molecular formula is C14H22N2O. The fourth-order valence-corrected chi connectivity index (χ4v) is 2.33. The summed E-state index contributed by atoms with van der Waals surface area (Å²) in [6.07, 6.45) is 1.79. The number of rotatable bonds is 3. The van der Waals surface area contributed by atoms with Gasteiger partial charge in [0.1, 0.15) is 0 Å². The molecule has 2 rings (SSSR count). The molecule has 1 aromatic rings. The van der Waals surface area contributed by atoms with Crippen molar-refractivity contribution in [2.24, 2.45) is 5.73 Å². The summed E-state index contributed by atoms with van der Waals surface area (Å²) in [6.45, 7) is 5.63. The van der Waals surface area contributed by atoms with Crippen molar-refractivity contribution in [3.8, 4) is 0 Å². The van der Waals surface area contributed by atoms with Crippen LogP contribution >= 0.6 is 0 Å². The third-order valence-electron chi connectivity index (χ3n) is 3.58. The maximum absolute atomic E-state index is 9.95. The van der Waals surface area contributed by atoms with Crippen LogP contribution in [0.5, 0.6) is 0 Å². The van der Waals surface area contributed by atoms with Gasteiger partial charge in [0.2, 0.25) is 0 Å². The Morgan fingerprint density at radius 1 is 1.41 bits per heavy atom. The standard InChI is InChI=1S/C14H22N2O/c1-3-13(15)11-4-6-12(7-5-11)16-9-8-14(2,17)10-16/h4-7,13,17H,3,8-10,15H2,1-2H3. The van der Waals surface area contributed by atoms with E-state index < -0.39 is 5.60 Å². The number of hydrogen-bond donors (Lipinski definition) is 2. The van der Waals surface area contributed by atoms with Gasteiger partial charge in [-0.2, -0.15) is 0 Å². The molecular weight excluding hydrogens is 212 g/mol. The first kappa shape index (κ1) is 12.4.